The van der Waals surface area contributed by atoms with Crippen molar-refractivity contribution in [3.05, 3.63) is 65.0 Å². The molecule has 0 atom stereocenters. The number of benzene rings is 2. The van der Waals surface area contributed by atoms with Crippen molar-refractivity contribution in [2.24, 2.45) is 0 Å². The van der Waals surface area contributed by atoms with Crippen LogP contribution in [0.25, 0.3) is 16.9 Å². The zero-order valence-corrected chi connectivity index (χ0v) is 19.4. The summed E-state index contributed by atoms with van der Waals surface area (Å²) < 4.78 is 34.3. The SMILES string of the molecule is COc1cccc(-n2nnc3c(N4CCN(S(=O)(=O)c5ccc([N+](=O)[O-])cc5)CC4)ncnc32)c1. The van der Waals surface area contributed by atoms with Crippen molar-refractivity contribution in [2.75, 3.05) is 38.2 Å². The summed E-state index contributed by atoms with van der Waals surface area (Å²) in [6.07, 6.45) is 1.43. The molecule has 5 rings (SSSR count). The number of methoxy groups -OCH3 is 1. The van der Waals surface area contributed by atoms with Gasteiger partial charge in [0.2, 0.25) is 10.0 Å². The normalized spacial score (nSPS) is 14.8. The fourth-order valence-corrected chi connectivity index (χ4v) is 5.34. The molecule has 1 aliphatic heterocycles. The van der Waals surface area contributed by atoms with Gasteiger partial charge in [0.15, 0.2) is 17.0 Å². The molecule has 4 aromatic rings. The maximum Gasteiger partial charge on any atom is 0.269 e. The van der Waals surface area contributed by atoms with Crippen molar-refractivity contribution in [3.8, 4) is 11.4 Å². The number of nitro groups is 1. The van der Waals surface area contributed by atoms with E-state index in [4.69, 9.17) is 4.74 Å². The van der Waals surface area contributed by atoms with Crippen molar-refractivity contribution in [1.82, 2.24) is 29.3 Å². The number of fused-ring (bicyclic) bond motifs is 1. The monoisotopic (exact) mass is 496 g/mol. The minimum atomic E-state index is -3.78. The maximum atomic E-state index is 13.0. The summed E-state index contributed by atoms with van der Waals surface area (Å²) in [5, 5.41) is 19.4. The molecular weight excluding hydrogens is 476 g/mol. The van der Waals surface area contributed by atoms with Crippen LogP contribution in [0.2, 0.25) is 0 Å². The molecule has 35 heavy (non-hydrogen) atoms. The Hall–Kier alpha value is -4.17. The van der Waals surface area contributed by atoms with Crippen LogP contribution in [0.1, 0.15) is 0 Å². The van der Waals surface area contributed by atoms with Crippen LogP contribution < -0.4 is 9.64 Å². The first-order chi connectivity index (χ1) is 16.9. The first kappa shape index (κ1) is 22.6. The molecule has 0 spiro atoms. The Bertz CT molecular complexity index is 1500. The average Bonchev–Trinajstić information content (AvgIpc) is 3.33. The van der Waals surface area contributed by atoms with Gasteiger partial charge in [-0.15, -0.1) is 5.10 Å². The molecule has 3 heterocycles. The van der Waals surface area contributed by atoms with E-state index in [-0.39, 0.29) is 23.7 Å². The van der Waals surface area contributed by atoms with Gasteiger partial charge in [-0.05, 0) is 24.3 Å². The molecule has 1 fully saturated rings. The quantitative estimate of drug-likeness (QED) is 0.285. The number of piperazine rings is 1. The van der Waals surface area contributed by atoms with Gasteiger partial charge in [-0.25, -0.2) is 18.4 Å². The summed E-state index contributed by atoms with van der Waals surface area (Å²) in [6.45, 7) is 1.19. The first-order valence-corrected chi connectivity index (χ1v) is 12.0. The van der Waals surface area contributed by atoms with Crippen LogP contribution in [0.4, 0.5) is 11.5 Å². The number of anilines is 1. The summed E-state index contributed by atoms with van der Waals surface area (Å²) >= 11 is 0. The fraction of sp³-hybridized carbons (Fsp3) is 0.238. The second-order valence-electron chi connectivity index (χ2n) is 7.71. The molecule has 1 saturated heterocycles. The molecule has 0 unspecified atom stereocenters. The van der Waals surface area contributed by atoms with E-state index in [0.717, 1.165) is 5.69 Å². The van der Waals surface area contributed by atoms with Crippen molar-refractivity contribution in [2.45, 2.75) is 4.90 Å². The van der Waals surface area contributed by atoms with Crippen LogP contribution in [-0.4, -0.2) is 75.9 Å². The van der Waals surface area contributed by atoms with E-state index in [9.17, 15) is 18.5 Å². The number of hydrogen-bond acceptors (Lipinski definition) is 10. The van der Waals surface area contributed by atoms with Gasteiger partial charge >= 0.3 is 0 Å². The Kier molecular flexibility index (Phi) is 5.74. The molecular formula is C21H20N8O5S. The standard InChI is InChI=1S/C21H20N8O5S/c1-34-17-4-2-3-16(13-17)28-21-19(24-25-28)20(22-14-23-21)26-9-11-27(12-10-26)35(32,33)18-7-5-15(6-8-18)29(30)31/h2-8,13-14H,9-12H2,1H3. The van der Waals surface area contributed by atoms with Crippen LogP contribution in [0, 0.1) is 10.1 Å². The molecule has 180 valence electrons. The number of nitro benzene ring substituents is 1. The van der Waals surface area contributed by atoms with Gasteiger partial charge < -0.3 is 9.64 Å². The summed E-state index contributed by atoms with van der Waals surface area (Å²) in [5.41, 5.74) is 1.59. The van der Waals surface area contributed by atoms with E-state index < -0.39 is 14.9 Å². The minimum Gasteiger partial charge on any atom is -0.497 e. The third-order valence-corrected chi connectivity index (χ3v) is 7.65. The lowest BCUT2D eigenvalue weighted by molar-refractivity contribution is -0.384. The second-order valence-corrected chi connectivity index (χ2v) is 9.65. The first-order valence-electron chi connectivity index (χ1n) is 10.6. The van der Waals surface area contributed by atoms with Crippen molar-refractivity contribution < 1.29 is 18.1 Å². The second kappa shape index (κ2) is 8.88. The predicted molar refractivity (Wildman–Crippen MR) is 125 cm³/mol. The molecule has 0 saturated carbocycles. The van der Waals surface area contributed by atoms with Crippen molar-refractivity contribution in [1.29, 1.82) is 0 Å². The summed E-state index contributed by atoms with van der Waals surface area (Å²) in [4.78, 5) is 21.0. The zero-order chi connectivity index (χ0) is 24.6. The highest BCUT2D eigenvalue weighted by molar-refractivity contribution is 7.89. The number of ether oxygens (including phenoxy) is 1. The summed E-state index contributed by atoms with van der Waals surface area (Å²) in [5.74, 6) is 1.24. The van der Waals surface area contributed by atoms with E-state index in [2.05, 4.69) is 20.3 Å². The lowest BCUT2D eigenvalue weighted by Crippen LogP contribution is -2.49. The highest BCUT2D eigenvalue weighted by atomic mass is 32.2. The topological polar surface area (TPSA) is 149 Å². The molecule has 0 aliphatic carbocycles. The van der Waals surface area contributed by atoms with E-state index in [0.29, 0.717) is 35.8 Å². The molecule has 13 nitrogen and oxygen atoms in total. The highest BCUT2D eigenvalue weighted by Crippen LogP contribution is 2.26. The van der Waals surface area contributed by atoms with Crippen LogP contribution in [0.3, 0.4) is 0 Å². The number of sulfonamides is 1. The number of aromatic nitrogens is 5. The molecule has 0 amide bonds. The van der Waals surface area contributed by atoms with Crippen LogP contribution in [0.15, 0.2) is 59.8 Å². The molecule has 0 radical (unpaired) electrons. The van der Waals surface area contributed by atoms with Crippen LogP contribution >= 0.6 is 0 Å². The van der Waals surface area contributed by atoms with Gasteiger partial charge in [0.1, 0.15) is 12.1 Å². The van der Waals surface area contributed by atoms with Crippen molar-refractivity contribution in [3.63, 3.8) is 0 Å². The van der Waals surface area contributed by atoms with Gasteiger partial charge in [-0.2, -0.15) is 8.99 Å². The van der Waals surface area contributed by atoms with Gasteiger partial charge in [0.05, 0.1) is 22.6 Å². The number of hydrogen-bond donors (Lipinski definition) is 0. The minimum absolute atomic E-state index is 0.0159. The molecule has 14 heteroatoms. The van der Waals surface area contributed by atoms with Gasteiger partial charge in [-0.1, -0.05) is 11.3 Å². The van der Waals surface area contributed by atoms with E-state index in [1.54, 1.807) is 11.8 Å². The fourth-order valence-electron chi connectivity index (χ4n) is 3.91. The number of nitrogens with zero attached hydrogens (tertiary/aromatic N) is 8. The number of rotatable bonds is 6. The maximum absolute atomic E-state index is 13.0. The zero-order valence-electron chi connectivity index (χ0n) is 18.6. The Morgan fingerprint density at radius 2 is 1.77 bits per heavy atom. The highest BCUT2D eigenvalue weighted by Gasteiger charge is 2.30. The number of non-ortho nitro benzene ring substituents is 1. The molecule has 0 N–H and O–H groups in total. The molecule has 2 aromatic heterocycles. The lowest BCUT2D eigenvalue weighted by Gasteiger charge is -2.34. The van der Waals surface area contributed by atoms with Gasteiger partial charge in [-0.3, -0.25) is 10.1 Å². The van der Waals surface area contributed by atoms with Gasteiger partial charge in [0.25, 0.3) is 5.69 Å². The van der Waals surface area contributed by atoms with Crippen LogP contribution in [0.5, 0.6) is 5.75 Å². The third kappa shape index (κ3) is 4.13. The van der Waals surface area contributed by atoms with Gasteiger partial charge in [0, 0.05) is 44.4 Å². The summed E-state index contributed by atoms with van der Waals surface area (Å²) in [7, 11) is -2.20. The Morgan fingerprint density at radius 1 is 1.03 bits per heavy atom. The smallest absolute Gasteiger partial charge is 0.269 e. The Labute approximate surface area is 199 Å². The average molecular weight is 497 g/mol. The van der Waals surface area contributed by atoms with E-state index in [1.165, 1.54) is 34.9 Å². The Balaban J connectivity index is 1.36. The predicted octanol–water partition coefficient (Wildman–Crippen LogP) is 1.64. The molecule has 1 aliphatic rings. The van der Waals surface area contributed by atoms with Crippen molar-refractivity contribution >= 4 is 32.7 Å². The van der Waals surface area contributed by atoms with E-state index >= 15 is 0 Å². The van der Waals surface area contributed by atoms with Crippen LogP contribution in [-0.2, 0) is 10.0 Å². The molecule has 0 bridgehead atoms. The molecule has 2 aromatic carbocycles. The Morgan fingerprint density at radius 3 is 2.46 bits per heavy atom. The largest absolute Gasteiger partial charge is 0.497 e. The lowest BCUT2D eigenvalue weighted by atomic mass is 10.3. The summed E-state index contributed by atoms with van der Waals surface area (Å²) in [6, 6.07) is 12.2. The van der Waals surface area contributed by atoms with E-state index in [1.807, 2.05) is 29.2 Å². The third-order valence-electron chi connectivity index (χ3n) is 5.74.